The van der Waals surface area contributed by atoms with Crippen molar-refractivity contribution in [1.29, 1.82) is 0 Å². The van der Waals surface area contributed by atoms with Gasteiger partial charge in [0.05, 0.1) is 16.8 Å². The van der Waals surface area contributed by atoms with Gasteiger partial charge < -0.3 is 24.6 Å². The highest BCUT2D eigenvalue weighted by atomic mass is 19.3. The summed E-state index contributed by atoms with van der Waals surface area (Å²) in [6, 6.07) is 7.88. The van der Waals surface area contributed by atoms with Gasteiger partial charge in [0.2, 0.25) is 6.79 Å². The third-order valence-electron chi connectivity index (χ3n) is 3.34. The van der Waals surface area contributed by atoms with Crippen molar-refractivity contribution in [3.63, 3.8) is 0 Å². The van der Waals surface area contributed by atoms with E-state index in [2.05, 4.69) is 10.1 Å². The molecule has 0 spiro atoms. The summed E-state index contributed by atoms with van der Waals surface area (Å²) in [6.07, 6.45) is 0. The predicted molar refractivity (Wildman–Crippen MR) is 80.6 cm³/mol. The fourth-order valence-corrected chi connectivity index (χ4v) is 2.26. The highest BCUT2D eigenvalue weighted by Crippen LogP contribution is 2.37. The number of carbonyl (C=O) groups excluding carboxylic acids is 1. The Morgan fingerprint density at radius 2 is 1.80 bits per heavy atom. The normalized spacial score (nSPS) is 12.1. The number of carboxylic acids is 1. The van der Waals surface area contributed by atoms with Crippen LogP contribution in [0.15, 0.2) is 36.4 Å². The Labute approximate surface area is 139 Å². The molecule has 2 aromatic rings. The van der Waals surface area contributed by atoms with Crippen molar-refractivity contribution in [3.05, 3.63) is 47.5 Å². The number of carbonyl (C=O) groups is 2. The molecule has 0 fully saturated rings. The Hall–Kier alpha value is -3.36. The summed E-state index contributed by atoms with van der Waals surface area (Å²) < 4.78 is 39.4. The number of fused-ring (bicyclic) bond motifs is 1. The van der Waals surface area contributed by atoms with E-state index in [4.69, 9.17) is 9.47 Å². The maximum absolute atomic E-state index is 12.4. The average molecular weight is 351 g/mol. The summed E-state index contributed by atoms with van der Waals surface area (Å²) >= 11 is 0. The molecule has 1 aliphatic rings. The summed E-state index contributed by atoms with van der Waals surface area (Å²) in [5.74, 6) is -1.94. The van der Waals surface area contributed by atoms with Crippen LogP contribution in [0, 0.1) is 0 Å². The molecule has 25 heavy (non-hydrogen) atoms. The van der Waals surface area contributed by atoms with E-state index >= 15 is 0 Å². The largest absolute Gasteiger partial charge is 0.478 e. The van der Waals surface area contributed by atoms with Crippen LogP contribution in [0.1, 0.15) is 20.7 Å². The van der Waals surface area contributed by atoms with Crippen molar-refractivity contribution in [2.24, 2.45) is 0 Å². The number of hydrogen-bond acceptors (Lipinski definition) is 5. The molecular weight excluding hydrogens is 340 g/mol. The quantitative estimate of drug-likeness (QED) is 0.860. The number of hydrogen-bond donors (Lipinski definition) is 2. The van der Waals surface area contributed by atoms with E-state index in [1.807, 2.05) is 0 Å². The third kappa shape index (κ3) is 3.44. The van der Waals surface area contributed by atoms with Gasteiger partial charge in [0.25, 0.3) is 5.91 Å². The van der Waals surface area contributed by atoms with E-state index in [1.54, 1.807) is 0 Å². The molecule has 0 aromatic heterocycles. The van der Waals surface area contributed by atoms with Gasteiger partial charge in [-0.05, 0) is 12.1 Å². The van der Waals surface area contributed by atoms with E-state index in [0.717, 1.165) is 0 Å². The molecule has 0 unspecified atom stereocenters. The zero-order valence-electron chi connectivity index (χ0n) is 12.5. The lowest BCUT2D eigenvalue weighted by Gasteiger charge is -2.12. The molecular formula is C16H11F2NO6. The minimum absolute atomic E-state index is 0.0615. The number of aromatic carboxylic acids is 1. The Balaban J connectivity index is 1.93. The Morgan fingerprint density at radius 1 is 1.12 bits per heavy atom. The van der Waals surface area contributed by atoms with E-state index in [0.29, 0.717) is 0 Å². The zero-order valence-corrected chi connectivity index (χ0v) is 12.5. The smallest absolute Gasteiger partial charge is 0.387 e. The molecule has 0 atom stereocenters. The Morgan fingerprint density at radius 3 is 2.48 bits per heavy atom. The van der Waals surface area contributed by atoms with Gasteiger partial charge in [0.1, 0.15) is 5.75 Å². The maximum Gasteiger partial charge on any atom is 0.387 e. The molecule has 1 heterocycles. The summed E-state index contributed by atoms with van der Waals surface area (Å²) in [7, 11) is 0. The Kier molecular flexibility index (Phi) is 4.38. The fourth-order valence-electron chi connectivity index (χ4n) is 2.26. The molecule has 3 rings (SSSR count). The molecule has 0 saturated heterocycles. The van der Waals surface area contributed by atoms with Crippen LogP contribution in [0.3, 0.4) is 0 Å². The standard InChI is InChI=1S/C16H11F2NO6/c17-16(18)25-11-4-2-1-3-8(11)14(20)19-10-6-13-12(23-7-24-13)5-9(10)15(21)22/h1-6,16H,7H2,(H,19,20)(H,21,22). The highest BCUT2D eigenvalue weighted by Gasteiger charge is 2.23. The summed E-state index contributed by atoms with van der Waals surface area (Å²) in [4.78, 5) is 23.8. The molecule has 130 valence electrons. The van der Waals surface area contributed by atoms with Crippen LogP contribution < -0.4 is 19.5 Å². The van der Waals surface area contributed by atoms with Crippen LogP contribution in [-0.2, 0) is 0 Å². The van der Waals surface area contributed by atoms with Crippen LogP contribution in [0.4, 0.5) is 14.5 Å². The van der Waals surface area contributed by atoms with Gasteiger partial charge in [0.15, 0.2) is 11.5 Å². The Bertz CT molecular complexity index is 839. The number of carboxylic acid groups (broad SMARTS) is 1. The third-order valence-corrected chi connectivity index (χ3v) is 3.34. The molecule has 0 aliphatic carbocycles. The van der Waals surface area contributed by atoms with Gasteiger partial charge in [-0.15, -0.1) is 0 Å². The molecule has 0 saturated carbocycles. The minimum Gasteiger partial charge on any atom is -0.478 e. The van der Waals surface area contributed by atoms with Gasteiger partial charge in [-0.3, -0.25) is 4.79 Å². The number of ether oxygens (including phenoxy) is 3. The summed E-state index contributed by atoms with van der Waals surface area (Å²) in [5, 5.41) is 11.7. The number of nitrogens with one attached hydrogen (secondary N) is 1. The SMILES string of the molecule is O=C(O)c1cc2c(cc1NC(=O)c1ccccc1OC(F)F)OCO2. The van der Waals surface area contributed by atoms with Crippen molar-refractivity contribution < 1.29 is 37.7 Å². The van der Waals surface area contributed by atoms with Gasteiger partial charge >= 0.3 is 12.6 Å². The second kappa shape index (κ2) is 6.63. The first kappa shape index (κ1) is 16.5. The summed E-state index contributed by atoms with van der Waals surface area (Å²) in [5.41, 5.74) is -0.463. The molecule has 2 aromatic carbocycles. The first-order valence-electron chi connectivity index (χ1n) is 6.98. The molecule has 0 radical (unpaired) electrons. The molecule has 9 heteroatoms. The first-order chi connectivity index (χ1) is 12.0. The minimum atomic E-state index is -3.10. The summed E-state index contributed by atoms with van der Waals surface area (Å²) in [6.45, 7) is -3.18. The highest BCUT2D eigenvalue weighted by molar-refractivity contribution is 6.09. The van der Waals surface area contributed by atoms with Gasteiger partial charge in [-0.2, -0.15) is 8.78 Å². The number of amides is 1. The van der Waals surface area contributed by atoms with Gasteiger partial charge in [-0.25, -0.2) is 4.79 Å². The van der Waals surface area contributed by atoms with Crippen molar-refractivity contribution in [1.82, 2.24) is 0 Å². The van der Waals surface area contributed by atoms with Crippen molar-refractivity contribution >= 4 is 17.6 Å². The van der Waals surface area contributed by atoms with Crippen molar-refractivity contribution in [2.75, 3.05) is 12.1 Å². The topological polar surface area (TPSA) is 94.1 Å². The fraction of sp³-hybridized carbons (Fsp3) is 0.125. The number of alkyl halides is 2. The average Bonchev–Trinajstić information content (AvgIpc) is 3.01. The van der Waals surface area contributed by atoms with Gasteiger partial charge in [0, 0.05) is 12.1 Å². The maximum atomic E-state index is 12.4. The second-order valence-corrected chi connectivity index (χ2v) is 4.88. The van der Waals surface area contributed by atoms with E-state index in [9.17, 15) is 23.5 Å². The van der Waals surface area contributed by atoms with Crippen LogP contribution in [-0.4, -0.2) is 30.4 Å². The lowest BCUT2D eigenvalue weighted by molar-refractivity contribution is -0.0501. The first-order valence-corrected chi connectivity index (χ1v) is 6.98. The van der Waals surface area contributed by atoms with E-state index in [1.165, 1.54) is 36.4 Å². The lowest BCUT2D eigenvalue weighted by Crippen LogP contribution is -2.17. The number of anilines is 1. The molecule has 2 N–H and O–H groups in total. The molecule has 1 amide bonds. The zero-order chi connectivity index (χ0) is 18.0. The monoisotopic (exact) mass is 351 g/mol. The van der Waals surface area contributed by atoms with Crippen LogP contribution in [0.2, 0.25) is 0 Å². The molecule has 0 bridgehead atoms. The predicted octanol–water partition coefficient (Wildman–Crippen LogP) is 2.97. The van der Waals surface area contributed by atoms with E-state index < -0.39 is 18.5 Å². The number of para-hydroxylation sites is 1. The second-order valence-electron chi connectivity index (χ2n) is 4.88. The van der Waals surface area contributed by atoms with Crippen LogP contribution >= 0.6 is 0 Å². The molecule has 7 nitrogen and oxygen atoms in total. The lowest BCUT2D eigenvalue weighted by atomic mass is 10.1. The van der Waals surface area contributed by atoms with Crippen molar-refractivity contribution in [2.45, 2.75) is 6.61 Å². The number of rotatable bonds is 5. The number of benzene rings is 2. The molecule has 1 aliphatic heterocycles. The van der Waals surface area contributed by atoms with Gasteiger partial charge in [-0.1, -0.05) is 12.1 Å². The van der Waals surface area contributed by atoms with E-state index in [-0.39, 0.29) is 40.9 Å². The number of halogens is 2. The van der Waals surface area contributed by atoms with Crippen LogP contribution in [0.5, 0.6) is 17.2 Å². The van der Waals surface area contributed by atoms with Crippen LogP contribution in [0.25, 0.3) is 0 Å². The van der Waals surface area contributed by atoms with Crippen molar-refractivity contribution in [3.8, 4) is 17.2 Å².